The number of aromatic carboxylic acids is 1. The highest BCUT2D eigenvalue weighted by atomic mass is 32.2. The van der Waals surface area contributed by atoms with Gasteiger partial charge in [0.2, 0.25) is 0 Å². The Morgan fingerprint density at radius 2 is 2.21 bits per heavy atom. The molecule has 0 saturated carbocycles. The summed E-state index contributed by atoms with van der Waals surface area (Å²) in [6.45, 7) is 0. The number of rotatable bonds is 3. The van der Waals surface area contributed by atoms with Crippen LogP contribution in [0.4, 0.5) is 5.82 Å². The molecule has 0 aromatic carbocycles. The van der Waals surface area contributed by atoms with Crippen LogP contribution < -0.4 is 4.90 Å². The lowest BCUT2D eigenvalue weighted by atomic mass is 10.3. The molecule has 0 bridgehead atoms. The molecule has 6 heteroatoms. The third-order valence-electron chi connectivity index (χ3n) is 1.58. The molecule has 0 aliphatic rings. The second kappa shape index (κ2) is 4.28. The highest BCUT2D eigenvalue weighted by Crippen LogP contribution is 2.18. The molecule has 1 N–H and O–H groups in total. The number of nitrogens with zero attached hydrogens (tertiary/aromatic N) is 3. The second-order valence-electron chi connectivity index (χ2n) is 2.79. The summed E-state index contributed by atoms with van der Waals surface area (Å²) in [5.41, 5.74) is 0.118. The zero-order valence-electron chi connectivity index (χ0n) is 8.18. The van der Waals surface area contributed by atoms with E-state index in [0.29, 0.717) is 11.0 Å². The predicted molar refractivity (Wildman–Crippen MR) is 55.1 cm³/mol. The summed E-state index contributed by atoms with van der Waals surface area (Å²) < 4.78 is 0. The molecule has 76 valence electrons. The highest BCUT2D eigenvalue weighted by molar-refractivity contribution is 7.98. The molecule has 1 rings (SSSR count). The molecule has 14 heavy (non-hydrogen) atoms. The summed E-state index contributed by atoms with van der Waals surface area (Å²) in [6, 6.07) is 0. The Labute approximate surface area is 86.2 Å². The third kappa shape index (κ3) is 2.14. The maximum Gasteiger partial charge on any atom is 0.341 e. The largest absolute Gasteiger partial charge is 0.477 e. The van der Waals surface area contributed by atoms with Gasteiger partial charge in [-0.15, -0.1) is 0 Å². The molecule has 0 saturated heterocycles. The fourth-order valence-electron chi connectivity index (χ4n) is 0.947. The fourth-order valence-corrected chi connectivity index (χ4v) is 1.28. The van der Waals surface area contributed by atoms with Crippen molar-refractivity contribution in [3.8, 4) is 0 Å². The molecule has 0 aliphatic carbocycles. The summed E-state index contributed by atoms with van der Waals surface area (Å²) in [4.78, 5) is 20.5. The minimum atomic E-state index is -1.01. The topological polar surface area (TPSA) is 66.3 Å². The van der Waals surface area contributed by atoms with Gasteiger partial charge in [0.15, 0.2) is 5.16 Å². The monoisotopic (exact) mass is 213 g/mol. The van der Waals surface area contributed by atoms with E-state index in [1.165, 1.54) is 18.0 Å². The zero-order valence-corrected chi connectivity index (χ0v) is 9.00. The van der Waals surface area contributed by atoms with Crippen LogP contribution in [-0.4, -0.2) is 41.4 Å². The molecular formula is C8H11N3O2S. The second-order valence-corrected chi connectivity index (χ2v) is 3.57. The first-order valence-corrected chi connectivity index (χ1v) is 5.10. The maximum atomic E-state index is 10.8. The molecule has 1 heterocycles. The number of aromatic nitrogens is 2. The summed E-state index contributed by atoms with van der Waals surface area (Å²) in [5.74, 6) is -0.585. The van der Waals surface area contributed by atoms with Gasteiger partial charge in [0.25, 0.3) is 0 Å². The lowest BCUT2D eigenvalue weighted by Gasteiger charge is -2.13. The van der Waals surface area contributed by atoms with Crippen molar-refractivity contribution in [1.82, 2.24) is 9.97 Å². The molecule has 0 spiro atoms. The Bertz CT molecular complexity index is 354. The average molecular weight is 213 g/mol. The van der Waals surface area contributed by atoms with Gasteiger partial charge < -0.3 is 10.0 Å². The molecule has 0 atom stereocenters. The van der Waals surface area contributed by atoms with Gasteiger partial charge in [0, 0.05) is 20.3 Å². The number of thioether (sulfide) groups is 1. The van der Waals surface area contributed by atoms with Crippen LogP contribution in [0.3, 0.4) is 0 Å². The van der Waals surface area contributed by atoms with Crippen molar-refractivity contribution < 1.29 is 9.90 Å². The number of carboxylic acid groups (broad SMARTS) is 1. The Kier molecular flexibility index (Phi) is 3.29. The van der Waals surface area contributed by atoms with Crippen LogP contribution in [0.2, 0.25) is 0 Å². The molecule has 0 amide bonds. The summed E-state index contributed by atoms with van der Waals surface area (Å²) >= 11 is 1.38. The van der Waals surface area contributed by atoms with Crippen LogP contribution in [0.1, 0.15) is 10.4 Å². The fraction of sp³-hybridized carbons (Fsp3) is 0.375. The number of carboxylic acids is 1. The first kappa shape index (κ1) is 10.8. The zero-order chi connectivity index (χ0) is 10.7. The lowest BCUT2D eigenvalue weighted by Crippen LogP contribution is -2.16. The van der Waals surface area contributed by atoms with Crippen LogP contribution in [0, 0.1) is 0 Å². The molecule has 0 radical (unpaired) electrons. The van der Waals surface area contributed by atoms with E-state index in [-0.39, 0.29) is 5.56 Å². The Morgan fingerprint density at radius 1 is 1.57 bits per heavy atom. The van der Waals surface area contributed by atoms with Gasteiger partial charge in [0.1, 0.15) is 11.4 Å². The molecule has 1 aromatic rings. The number of hydrogen-bond donors (Lipinski definition) is 1. The number of hydrogen-bond acceptors (Lipinski definition) is 5. The molecule has 0 aliphatic heterocycles. The van der Waals surface area contributed by atoms with E-state index in [9.17, 15) is 4.79 Å². The van der Waals surface area contributed by atoms with Crippen LogP contribution in [0.15, 0.2) is 11.4 Å². The summed E-state index contributed by atoms with van der Waals surface area (Å²) in [6.07, 6.45) is 3.17. The van der Waals surface area contributed by atoms with Gasteiger partial charge in [-0.1, -0.05) is 11.8 Å². The number of anilines is 1. The van der Waals surface area contributed by atoms with Gasteiger partial charge in [-0.05, 0) is 6.26 Å². The highest BCUT2D eigenvalue weighted by Gasteiger charge is 2.14. The van der Waals surface area contributed by atoms with E-state index in [1.807, 2.05) is 6.26 Å². The van der Waals surface area contributed by atoms with E-state index in [1.54, 1.807) is 19.0 Å². The smallest absolute Gasteiger partial charge is 0.341 e. The van der Waals surface area contributed by atoms with E-state index in [4.69, 9.17) is 5.11 Å². The summed E-state index contributed by atoms with van der Waals surface area (Å²) in [5, 5.41) is 9.43. The average Bonchev–Trinajstić information content (AvgIpc) is 2.16. The van der Waals surface area contributed by atoms with Gasteiger partial charge in [-0.2, -0.15) is 0 Å². The Balaban J connectivity index is 3.24. The van der Waals surface area contributed by atoms with Crippen molar-refractivity contribution in [2.75, 3.05) is 25.3 Å². The van der Waals surface area contributed by atoms with Crippen molar-refractivity contribution in [1.29, 1.82) is 0 Å². The molecule has 0 fully saturated rings. The Hall–Kier alpha value is -1.30. The quantitative estimate of drug-likeness (QED) is 0.596. The predicted octanol–water partition coefficient (Wildman–Crippen LogP) is 0.963. The van der Waals surface area contributed by atoms with Crippen molar-refractivity contribution in [2.24, 2.45) is 0 Å². The van der Waals surface area contributed by atoms with Crippen LogP contribution in [-0.2, 0) is 0 Å². The summed E-state index contributed by atoms with van der Waals surface area (Å²) in [7, 11) is 3.50. The van der Waals surface area contributed by atoms with Crippen molar-refractivity contribution >= 4 is 23.5 Å². The van der Waals surface area contributed by atoms with Crippen LogP contribution >= 0.6 is 11.8 Å². The SMILES string of the molecule is CSc1ncc(C(=O)O)c(N(C)C)n1. The standard InChI is InChI=1S/C8H11N3O2S/c1-11(2)6-5(7(12)13)4-9-8(10-6)14-3/h4H,1-3H3,(H,12,13). The minimum absolute atomic E-state index is 0.118. The van der Waals surface area contributed by atoms with E-state index in [0.717, 1.165) is 0 Å². The Morgan fingerprint density at radius 3 is 2.64 bits per heavy atom. The van der Waals surface area contributed by atoms with Crippen molar-refractivity contribution in [3.05, 3.63) is 11.8 Å². The van der Waals surface area contributed by atoms with E-state index < -0.39 is 5.97 Å². The number of carbonyl (C=O) groups is 1. The lowest BCUT2D eigenvalue weighted by molar-refractivity contribution is 0.0696. The third-order valence-corrected chi connectivity index (χ3v) is 2.14. The maximum absolute atomic E-state index is 10.8. The first-order valence-electron chi connectivity index (χ1n) is 3.88. The molecule has 0 unspecified atom stereocenters. The van der Waals surface area contributed by atoms with E-state index in [2.05, 4.69) is 9.97 Å². The molecule has 5 nitrogen and oxygen atoms in total. The first-order chi connectivity index (χ1) is 6.56. The minimum Gasteiger partial charge on any atom is -0.477 e. The van der Waals surface area contributed by atoms with Crippen LogP contribution in [0.25, 0.3) is 0 Å². The van der Waals surface area contributed by atoms with Gasteiger partial charge in [-0.25, -0.2) is 14.8 Å². The molecular weight excluding hydrogens is 202 g/mol. The van der Waals surface area contributed by atoms with Gasteiger partial charge >= 0.3 is 5.97 Å². The van der Waals surface area contributed by atoms with E-state index >= 15 is 0 Å². The molecule has 1 aromatic heterocycles. The van der Waals surface area contributed by atoms with Crippen LogP contribution in [0.5, 0.6) is 0 Å². The van der Waals surface area contributed by atoms with Crippen molar-refractivity contribution in [3.63, 3.8) is 0 Å². The van der Waals surface area contributed by atoms with Gasteiger partial charge in [0.05, 0.1) is 0 Å². The van der Waals surface area contributed by atoms with Gasteiger partial charge in [-0.3, -0.25) is 0 Å². The normalized spacial score (nSPS) is 9.93. The van der Waals surface area contributed by atoms with Crippen molar-refractivity contribution in [2.45, 2.75) is 5.16 Å².